The van der Waals surface area contributed by atoms with Crippen LogP contribution in [0.15, 0.2) is 11.0 Å². The van der Waals surface area contributed by atoms with Gasteiger partial charge in [-0.15, -0.1) is 0 Å². The van der Waals surface area contributed by atoms with Gasteiger partial charge in [-0.3, -0.25) is 4.79 Å². The van der Waals surface area contributed by atoms with E-state index < -0.39 is 0 Å². The Kier molecular flexibility index (Phi) is 6.31. The van der Waals surface area contributed by atoms with Crippen molar-refractivity contribution in [2.45, 2.75) is 39.3 Å². The third kappa shape index (κ3) is 4.51. The zero-order valence-corrected chi connectivity index (χ0v) is 12.9. The Morgan fingerprint density at radius 2 is 2.21 bits per heavy atom. The van der Waals surface area contributed by atoms with Gasteiger partial charge in [0.2, 0.25) is 0 Å². The maximum absolute atomic E-state index is 12.0. The minimum absolute atomic E-state index is 0.219. The molecule has 1 atom stereocenters. The van der Waals surface area contributed by atoms with Gasteiger partial charge in [0.15, 0.2) is 0 Å². The Bertz CT molecular complexity index is 458. The van der Waals surface area contributed by atoms with Gasteiger partial charge >= 0.3 is 0 Å². The van der Waals surface area contributed by atoms with E-state index >= 15 is 0 Å². The molecule has 1 rings (SSSR count). The molecule has 108 valence electrons. The summed E-state index contributed by atoms with van der Waals surface area (Å²) in [5.41, 5.74) is 0.380. The molecule has 0 spiro atoms. The normalized spacial score (nSPS) is 12.7. The highest BCUT2D eigenvalue weighted by Crippen LogP contribution is 2.15. The summed E-state index contributed by atoms with van der Waals surface area (Å²) in [7, 11) is 4.02. The fourth-order valence-corrected chi connectivity index (χ4v) is 1.71. The molecule has 0 aliphatic heterocycles. The van der Waals surface area contributed by atoms with Crippen LogP contribution in [0.5, 0.6) is 0 Å². The average molecular weight is 287 g/mol. The van der Waals surface area contributed by atoms with Crippen LogP contribution in [0.3, 0.4) is 0 Å². The highest BCUT2D eigenvalue weighted by molar-refractivity contribution is 6.32. The van der Waals surface area contributed by atoms with Crippen LogP contribution < -0.4 is 10.9 Å². The number of rotatable bonds is 7. The molecule has 5 nitrogen and oxygen atoms in total. The summed E-state index contributed by atoms with van der Waals surface area (Å²) in [6, 6.07) is 0.346. The van der Waals surface area contributed by atoms with Gasteiger partial charge in [-0.05, 0) is 27.4 Å². The van der Waals surface area contributed by atoms with Crippen molar-refractivity contribution in [1.82, 2.24) is 14.7 Å². The van der Waals surface area contributed by atoms with E-state index in [2.05, 4.69) is 29.2 Å². The summed E-state index contributed by atoms with van der Waals surface area (Å²) >= 11 is 6.09. The van der Waals surface area contributed by atoms with Crippen molar-refractivity contribution in [3.8, 4) is 0 Å². The van der Waals surface area contributed by atoms with Crippen molar-refractivity contribution < 1.29 is 0 Å². The molecule has 19 heavy (non-hydrogen) atoms. The lowest BCUT2D eigenvalue weighted by Gasteiger charge is -2.20. The zero-order chi connectivity index (χ0) is 14.4. The highest BCUT2D eigenvalue weighted by atomic mass is 35.5. The molecule has 0 saturated heterocycles. The van der Waals surface area contributed by atoms with Gasteiger partial charge in [0.05, 0.1) is 11.9 Å². The predicted molar refractivity (Wildman–Crippen MR) is 80.1 cm³/mol. The second-order valence-electron chi connectivity index (χ2n) is 4.95. The van der Waals surface area contributed by atoms with Gasteiger partial charge < -0.3 is 10.2 Å². The number of aryl methyl sites for hydroxylation is 1. The van der Waals surface area contributed by atoms with E-state index in [1.807, 2.05) is 14.1 Å². The minimum atomic E-state index is -0.224. The van der Waals surface area contributed by atoms with E-state index in [4.69, 9.17) is 11.6 Å². The van der Waals surface area contributed by atoms with Crippen LogP contribution in [0.2, 0.25) is 5.02 Å². The summed E-state index contributed by atoms with van der Waals surface area (Å²) in [4.78, 5) is 14.1. The van der Waals surface area contributed by atoms with Gasteiger partial charge in [0.1, 0.15) is 5.02 Å². The summed E-state index contributed by atoms with van der Waals surface area (Å²) in [5.74, 6) is 0. The van der Waals surface area contributed by atoms with Crippen LogP contribution in [0.4, 0.5) is 5.69 Å². The van der Waals surface area contributed by atoms with Crippen molar-refractivity contribution >= 4 is 17.3 Å². The molecule has 0 aromatic carbocycles. The largest absolute Gasteiger partial charge is 0.381 e. The second-order valence-corrected chi connectivity index (χ2v) is 5.33. The number of nitrogens with one attached hydrogen (secondary N) is 1. The highest BCUT2D eigenvalue weighted by Gasteiger charge is 2.10. The van der Waals surface area contributed by atoms with Crippen molar-refractivity contribution in [1.29, 1.82) is 0 Å². The Labute approximate surface area is 119 Å². The van der Waals surface area contributed by atoms with E-state index in [-0.39, 0.29) is 10.6 Å². The van der Waals surface area contributed by atoms with E-state index in [0.29, 0.717) is 24.8 Å². The lowest BCUT2D eigenvalue weighted by atomic mass is 10.3. The van der Waals surface area contributed by atoms with Gasteiger partial charge in [-0.2, -0.15) is 5.10 Å². The predicted octanol–water partition coefficient (Wildman–Crippen LogP) is 2.06. The fraction of sp³-hybridized carbons (Fsp3) is 0.692. The summed E-state index contributed by atoms with van der Waals surface area (Å²) < 4.78 is 1.42. The van der Waals surface area contributed by atoms with Crippen LogP contribution in [0.1, 0.15) is 26.7 Å². The molecule has 0 aliphatic carbocycles. The molecule has 0 bridgehead atoms. The first kappa shape index (κ1) is 16.0. The van der Waals surface area contributed by atoms with Gasteiger partial charge in [0.25, 0.3) is 5.56 Å². The van der Waals surface area contributed by atoms with E-state index in [1.165, 1.54) is 4.68 Å². The van der Waals surface area contributed by atoms with Crippen LogP contribution in [0, 0.1) is 0 Å². The quantitative estimate of drug-likeness (QED) is 0.834. The van der Waals surface area contributed by atoms with Crippen LogP contribution in [-0.2, 0) is 6.54 Å². The third-order valence-electron chi connectivity index (χ3n) is 3.18. The van der Waals surface area contributed by atoms with Gasteiger partial charge in [-0.25, -0.2) is 4.68 Å². The molecule has 0 amide bonds. The van der Waals surface area contributed by atoms with Crippen molar-refractivity contribution in [2.24, 2.45) is 0 Å². The summed E-state index contributed by atoms with van der Waals surface area (Å²) in [6.45, 7) is 5.50. The van der Waals surface area contributed by atoms with Crippen molar-refractivity contribution in [3.05, 3.63) is 21.6 Å². The maximum atomic E-state index is 12.0. The number of hydrogen-bond acceptors (Lipinski definition) is 4. The number of halogens is 1. The molecule has 1 heterocycles. The first-order valence-electron chi connectivity index (χ1n) is 6.63. The smallest absolute Gasteiger partial charge is 0.287 e. The minimum Gasteiger partial charge on any atom is -0.381 e. The summed E-state index contributed by atoms with van der Waals surface area (Å²) in [6.07, 6.45) is 3.57. The molecular weight excluding hydrogens is 264 g/mol. The van der Waals surface area contributed by atoms with Crippen LogP contribution >= 0.6 is 11.6 Å². The van der Waals surface area contributed by atoms with Crippen LogP contribution in [0.25, 0.3) is 0 Å². The monoisotopic (exact) mass is 286 g/mol. The Hall–Kier alpha value is -1.07. The lowest BCUT2D eigenvalue weighted by molar-refractivity contribution is 0.326. The molecule has 1 aromatic heterocycles. The topological polar surface area (TPSA) is 50.2 Å². The van der Waals surface area contributed by atoms with E-state index in [0.717, 1.165) is 12.8 Å². The second kappa shape index (κ2) is 7.50. The number of hydrogen-bond donors (Lipinski definition) is 1. The molecule has 1 aromatic rings. The lowest BCUT2D eigenvalue weighted by Crippen LogP contribution is -2.32. The first-order valence-corrected chi connectivity index (χ1v) is 7.01. The van der Waals surface area contributed by atoms with E-state index in [1.54, 1.807) is 6.20 Å². The fourth-order valence-electron chi connectivity index (χ4n) is 1.50. The van der Waals surface area contributed by atoms with Gasteiger partial charge in [0, 0.05) is 19.1 Å². The van der Waals surface area contributed by atoms with Gasteiger partial charge in [-0.1, -0.05) is 24.9 Å². The summed E-state index contributed by atoms with van der Waals surface area (Å²) in [5, 5.41) is 7.53. The molecular formula is C13H23ClN4O. The molecule has 0 radical (unpaired) electrons. The van der Waals surface area contributed by atoms with Crippen molar-refractivity contribution in [3.63, 3.8) is 0 Å². The third-order valence-corrected chi connectivity index (χ3v) is 3.54. The van der Waals surface area contributed by atoms with Crippen LogP contribution in [-0.4, -0.2) is 41.4 Å². The Balaban J connectivity index is 2.76. The average Bonchev–Trinajstić information content (AvgIpc) is 2.38. The molecule has 1 unspecified atom stereocenters. The molecule has 6 heteroatoms. The maximum Gasteiger partial charge on any atom is 0.287 e. The standard InChI is InChI=1S/C13H23ClN4O/c1-5-6-7-18-13(19)12(14)11(9-16-18)15-8-10(2)17(3)4/h9-10,15H,5-8H2,1-4H3. The SMILES string of the molecule is CCCCn1ncc(NCC(C)N(C)C)c(Cl)c1=O. The Morgan fingerprint density at radius 3 is 2.79 bits per heavy atom. The number of aromatic nitrogens is 2. The molecule has 1 N–H and O–H groups in total. The number of likely N-dealkylation sites (N-methyl/N-ethyl adjacent to an activating group) is 1. The van der Waals surface area contributed by atoms with Crippen molar-refractivity contribution in [2.75, 3.05) is 26.0 Å². The number of nitrogens with zero attached hydrogens (tertiary/aromatic N) is 3. The number of unbranched alkanes of at least 4 members (excludes halogenated alkanes) is 1. The van der Waals surface area contributed by atoms with E-state index in [9.17, 15) is 4.79 Å². The Morgan fingerprint density at radius 1 is 1.53 bits per heavy atom. The number of anilines is 1. The first-order chi connectivity index (χ1) is 8.97. The molecule has 0 aliphatic rings. The zero-order valence-electron chi connectivity index (χ0n) is 12.1. The molecule has 0 saturated carbocycles. The molecule has 0 fully saturated rings.